The van der Waals surface area contributed by atoms with Gasteiger partial charge in [0.1, 0.15) is 0 Å². The average molecular weight is 347 g/mol. The third-order valence-corrected chi connectivity index (χ3v) is 4.58. The van der Waals surface area contributed by atoms with Crippen molar-refractivity contribution < 1.29 is 9.59 Å². The summed E-state index contributed by atoms with van der Waals surface area (Å²) in [5.74, 6) is -0.694. The lowest BCUT2D eigenvalue weighted by atomic mass is 10.1. The van der Waals surface area contributed by atoms with Crippen LogP contribution in [0, 0.1) is 6.92 Å². The first-order valence-corrected chi connectivity index (χ1v) is 8.30. The van der Waals surface area contributed by atoms with Gasteiger partial charge < -0.3 is 15.2 Å². The molecule has 0 unspecified atom stereocenters. The highest BCUT2D eigenvalue weighted by atomic mass is 16.2. The first-order chi connectivity index (χ1) is 12.4. The Morgan fingerprint density at radius 3 is 2.54 bits per heavy atom. The van der Waals surface area contributed by atoms with Gasteiger partial charge in [-0.1, -0.05) is 24.8 Å². The van der Waals surface area contributed by atoms with Crippen LogP contribution in [0.15, 0.2) is 61.2 Å². The van der Waals surface area contributed by atoms with Crippen molar-refractivity contribution in [2.45, 2.75) is 13.5 Å². The molecule has 0 spiro atoms. The van der Waals surface area contributed by atoms with Crippen LogP contribution in [-0.2, 0) is 18.4 Å². The zero-order valence-electron chi connectivity index (χ0n) is 14.9. The van der Waals surface area contributed by atoms with Crippen LogP contribution in [0.5, 0.6) is 0 Å². The molecule has 26 heavy (non-hydrogen) atoms. The van der Waals surface area contributed by atoms with Gasteiger partial charge in [0, 0.05) is 29.5 Å². The lowest BCUT2D eigenvalue weighted by Crippen LogP contribution is -2.30. The summed E-state index contributed by atoms with van der Waals surface area (Å²) in [6.07, 6.45) is 1.30. The maximum atomic E-state index is 12.5. The lowest BCUT2D eigenvalue weighted by Gasteiger charge is -2.24. The highest BCUT2D eigenvalue weighted by Gasteiger charge is 2.18. The van der Waals surface area contributed by atoms with E-state index in [4.69, 9.17) is 5.73 Å². The molecule has 2 amide bonds. The molecule has 3 rings (SSSR count). The minimum Gasteiger partial charge on any atom is -0.366 e. The molecule has 5 heteroatoms. The molecule has 132 valence electrons. The number of para-hydroxylation sites is 1. The summed E-state index contributed by atoms with van der Waals surface area (Å²) < 4.78 is 2.08. The monoisotopic (exact) mass is 347 g/mol. The Morgan fingerprint density at radius 1 is 1.19 bits per heavy atom. The van der Waals surface area contributed by atoms with Gasteiger partial charge in [0.2, 0.25) is 5.91 Å². The van der Waals surface area contributed by atoms with Crippen molar-refractivity contribution in [3.63, 3.8) is 0 Å². The number of fused-ring (bicyclic) bond motifs is 1. The van der Waals surface area contributed by atoms with E-state index < -0.39 is 5.91 Å². The number of primary amides is 1. The summed E-state index contributed by atoms with van der Waals surface area (Å²) in [6.45, 7) is 5.87. The number of hydrogen-bond donors (Lipinski definition) is 1. The fraction of sp³-hybridized carbons (Fsp3) is 0.143. The van der Waals surface area contributed by atoms with Crippen molar-refractivity contribution in [1.82, 2.24) is 4.57 Å². The molecule has 0 bridgehead atoms. The maximum absolute atomic E-state index is 12.5. The van der Waals surface area contributed by atoms with E-state index in [1.807, 2.05) is 38.2 Å². The van der Waals surface area contributed by atoms with Crippen LogP contribution < -0.4 is 10.6 Å². The van der Waals surface area contributed by atoms with Gasteiger partial charge in [-0.25, -0.2) is 0 Å². The third-order valence-electron chi connectivity index (χ3n) is 4.58. The second-order valence-electron chi connectivity index (χ2n) is 6.25. The summed E-state index contributed by atoms with van der Waals surface area (Å²) in [5, 5.41) is 1.12. The summed E-state index contributed by atoms with van der Waals surface area (Å²) in [7, 11) is 1.98. The summed E-state index contributed by atoms with van der Waals surface area (Å²) in [5.41, 5.74) is 9.39. The molecule has 0 aliphatic carbocycles. The Hall–Kier alpha value is -3.34. The molecule has 0 atom stereocenters. The van der Waals surface area contributed by atoms with Crippen molar-refractivity contribution in [3.05, 3.63) is 78.0 Å². The van der Waals surface area contributed by atoms with E-state index in [1.54, 1.807) is 23.1 Å². The van der Waals surface area contributed by atoms with E-state index in [1.165, 1.54) is 6.08 Å². The van der Waals surface area contributed by atoms with Gasteiger partial charge in [0.05, 0.1) is 6.54 Å². The molecular formula is C21H21N3O2. The van der Waals surface area contributed by atoms with Crippen molar-refractivity contribution in [1.29, 1.82) is 0 Å². The second kappa shape index (κ2) is 6.88. The molecule has 3 aromatic rings. The standard InChI is InChI=1S/C21H21N3O2/c1-4-20(25)24(18-10-9-16(21(22)26)11-14(18)2)13-17-12-15-7-5-6-8-19(15)23(17)3/h4-12H,1,13H2,2-3H3,(H2,22,26). The quantitative estimate of drug-likeness (QED) is 0.720. The summed E-state index contributed by atoms with van der Waals surface area (Å²) >= 11 is 0. The number of nitrogens with two attached hydrogens (primary N) is 1. The molecule has 0 aliphatic rings. The Morgan fingerprint density at radius 2 is 1.92 bits per heavy atom. The molecule has 2 aromatic carbocycles. The van der Waals surface area contributed by atoms with Crippen LogP contribution in [0.4, 0.5) is 5.69 Å². The number of carbonyl (C=O) groups is 2. The molecule has 1 aromatic heterocycles. The predicted molar refractivity (Wildman–Crippen MR) is 104 cm³/mol. The van der Waals surface area contributed by atoms with Crippen LogP contribution in [0.1, 0.15) is 21.6 Å². The number of aryl methyl sites for hydroxylation is 2. The van der Waals surface area contributed by atoms with E-state index in [0.717, 1.165) is 27.8 Å². The molecule has 0 aliphatic heterocycles. The number of aromatic nitrogens is 1. The van der Waals surface area contributed by atoms with Gasteiger partial charge >= 0.3 is 0 Å². The second-order valence-corrected chi connectivity index (χ2v) is 6.25. The Labute approximate surface area is 152 Å². The van der Waals surface area contributed by atoms with E-state index in [2.05, 4.69) is 17.2 Å². The number of rotatable bonds is 5. The molecule has 5 nitrogen and oxygen atoms in total. The fourth-order valence-electron chi connectivity index (χ4n) is 3.16. The zero-order chi connectivity index (χ0) is 18.8. The number of amides is 2. The number of hydrogen-bond acceptors (Lipinski definition) is 2. The third kappa shape index (κ3) is 3.11. The van der Waals surface area contributed by atoms with Gasteiger partial charge in [-0.3, -0.25) is 9.59 Å². The van der Waals surface area contributed by atoms with Gasteiger partial charge in [0.25, 0.3) is 5.91 Å². The van der Waals surface area contributed by atoms with Crippen molar-refractivity contribution in [2.75, 3.05) is 4.90 Å². The van der Waals surface area contributed by atoms with Crippen molar-refractivity contribution >= 4 is 28.4 Å². The molecule has 0 saturated heterocycles. The van der Waals surface area contributed by atoms with Gasteiger partial charge in [0.15, 0.2) is 0 Å². The van der Waals surface area contributed by atoms with E-state index >= 15 is 0 Å². The molecular weight excluding hydrogens is 326 g/mol. The predicted octanol–water partition coefficient (Wildman–Crippen LogP) is 3.30. The molecule has 2 N–H and O–H groups in total. The number of carbonyl (C=O) groups excluding carboxylic acids is 2. The van der Waals surface area contributed by atoms with Crippen molar-refractivity contribution in [3.8, 4) is 0 Å². The molecule has 0 fully saturated rings. The smallest absolute Gasteiger partial charge is 0.250 e. The molecule has 1 heterocycles. The zero-order valence-corrected chi connectivity index (χ0v) is 14.9. The Balaban J connectivity index is 2.04. The van der Waals surface area contributed by atoms with Gasteiger partial charge in [-0.15, -0.1) is 0 Å². The highest BCUT2D eigenvalue weighted by molar-refractivity contribution is 6.02. The summed E-state index contributed by atoms with van der Waals surface area (Å²) in [6, 6.07) is 15.2. The van der Waals surface area contributed by atoms with E-state index in [9.17, 15) is 9.59 Å². The molecule has 0 saturated carbocycles. The first kappa shape index (κ1) is 17.5. The van der Waals surface area contributed by atoms with Crippen LogP contribution in [0.3, 0.4) is 0 Å². The van der Waals surface area contributed by atoms with Crippen molar-refractivity contribution in [2.24, 2.45) is 12.8 Å². The number of anilines is 1. The minimum absolute atomic E-state index is 0.204. The topological polar surface area (TPSA) is 68.3 Å². The maximum Gasteiger partial charge on any atom is 0.250 e. The SMILES string of the molecule is C=CC(=O)N(Cc1cc2ccccc2n1C)c1ccc(C(N)=O)cc1C. The Bertz CT molecular complexity index is 1020. The van der Waals surface area contributed by atoms with E-state index in [0.29, 0.717) is 12.1 Å². The Kier molecular flexibility index (Phi) is 4.63. The van der Waals surface area contributed by atoms with Crippen LogP contribution in [0.2, 0.25) is 0 Å². The fourth-order valence-corrected chi connectivity index (χ4v) is 3.16. The molecule has 0 radical (unpaired) electrons. The average Bonchev–Trinajstić information content (AvgIpc) is 2.95. The van der Waals surface area contributed by atoms with Crippen LogP contribution in [0.25, 0.3) is 10.9 Å². The van der Waals surface area contributed by atoms with Gasteiger partial charge in [-0.05, 0) is 54.3 Å². The van der Waals surface area contributed by atoms with Gasteiger partial charge in [-0.2, -0.15) is 0 Å². The number of benzene rings is 2. The first-order valence-electron chi connectivity index (χ1n) is 8.30. The largest absolute Gasteiger partial charge is 0.366 e. The number of nitrogens with zero attached hydrogens (tertiary/aromatic N) is 2. The van der Waals surface area contributed by atoms with Crippen LogP contribution >= 0.6 is 0 Å². The normalized spacial score (nSPS) is 10.7. The lowest BCUT2D eigenvalue weighted by molar-refractivity contribution is -0.114. The van der Waals surface area contributed by atoms with E-state index in [-0.39, 0.29) is 5.91 Å². The minimum atomic E-state index is -0.491. The van der Waals surface area contributed by atoms with Crippen LogP contribution in [-0.4, -0.2) is 16.4 Å². The highest BCUT2D eigenvalue weighted by Crippen LogP contribution is 2.26. The summed E-state index contributed by atoms with van der Waals surface area (Å²) in [4.78, 5) is 25.6.